The van der Waals surface area contributed by atoms with Gasteiger partial charge in [-0.25, -0.2) is 4.98 Å². The van der Waals surface area contributed by atoms with Crippen LogP contribution in [-0.2, 0) is 11.3 Å². The molecular weight excluding hydrogens is 274 g/mol. The lowest BCUT2D eigenvalue weighted by molar-refractivity contribution is -0.139. The van der Waals surface area contributed by atoms with E-state index in [4.69, 9.17) is 0 Å². The van der Waals surface area contributed by atoms with Gasteiger partial charge in [-0.15, -0.1) is 0 Å². The van der Waals surface area contributed by atoms with Crippen molar-refractivity contribution in [3.63, 3.8) is 0 Å². The van der Waals surface area contributed by atoms with Crippen molar-refractivity contribution in [2.75, 3.05) is 13.1 Å². The Morgan fingerprint density at radius 3 is 2.64 bits per heavy atom. The summed E-state index contributed by atoms with van der Waals surface area (Å²) in [6.07, 6.45) is 7.65. The second-order valence-corrected chi connectivity index (χ2v) is 6.78. The molecule has 2 aromatic rings. The fourth-order valence-corrected chi connectivity index (χ4v) is 3.68. The predicted molar refractivity (Wildman–Crippen MR) is 86.4 cm³/mol. The Kier molecular flexibility index (Phi) is 3.60. The van der Waals surface area contributed by atoms with Gasteiger partial charge in [0.05, 0.1) is 17.4 Å². The van der Waals surface area contributed by atoms with E-state index in [1.807, 2.05) is 12.4 Å². The molecule has 0 spiro atoms. The van der Waals surface area contributed by atoms with E-state index in [-0.39, 0.29) is 0 Å². The second kappa shape index (κ2) is 5.75. The van der Waals surface area contributed by atoms with Gasteiger partial charge < -0.3 is 9.47 Å². The molecule has 0 radical (unpaired) electrons. The Morgan fingerprint density at radius 1 is 1.14 bits per heavy atom. The van der Waals surface area contributed by atoms with E-state index >= 15 is 0 Å². The average Bonchev–Trinajstić information content (AvgIpc) is 2.90. The molecule has 1 aromatic carbocycles. The SMILES string of the molecule is O=C(C1CCC1)N1CCC(Cn2cnc3ccccc32)CC1. The van der Waals surface area contributed by atoms with Crippen molar-refractivity contribution < 1.29 is 4.79 Å². The number of hydrogen-bond acceptors (Lipinski definition) is 2. The first-order valence-corrected chi connectivity index (χ1v) is 8.50. The van der Waals surface area contributed by atoms with Crippen LogP contribution in [0.3, 0.4) is 0 Å². The third kappa shape index (κ3) is 2.51. The molecule has 0 unspecified atom stereocenters. The largest absolute Gasteiger partial charge is 0.342 e. The van der Waals surface area contributed by atoms with Crippen molar-refractivity contribution in [3.8, 4) is 0 Å². The van der Waals surface area contributed by atoms with Gasteiger partial charge in [-0.2, -0.15) is 0 Å². The van der Waals surface area contributed by atoms with Crippen LogP contribution in [0.5, 0.6) is 0 Å². The lowest BCUT2D eigenvalue weighted by atomic mass is 9.83. The first-order valence-electron chi connectivity index (χ1n) is 8.50. The summed E-state index contributed by atoms with van der Waals surface area (Å²) in [5, 5.41) is 0. The molecule has 116 valence electrons. The number of aromatic nitrogens is 2. The molecule has 0 N–H and O–H groups in total. The topological polar surface area (TPSA) is 38.1 Å². The van der Waals surface area contributed by atoms with Crippen LogP contribution >= 0.6 is 0 Å². The van der Waals surface area contributed by atoms with Crippen LogP contribution < -0.4 is 0 Å². The minimum atomic E-state index is 0.342. The third-order valence-electron chi connectivity index (χ3n) is 5.36. The summed E-state index contributed by atoms with van der Waals surface area (Å²) in [7, 11) is 0. The van der Waals surface area contributed by atoms with Gasteiger partial charge in [0.2, 0.25) is 5.91 Å². The monoisotopic (exact) mass is 297 g/mol. The van der Waals surface area contributed by atoms with E-state index < -0.39 is 0 Å². The summed E-state index contributed by atoms with van der Waals surface area (Å²) >= 11 is 0. The highest BCUT2D eigenvalue weighted by Crippen LogP contribution is 2.30. The second-order valence-electron chi connectivity index (χ2n) is 6.78. The Hall–Kier alpha value is -1.84. The summed E-state index contributed by atoms with van der Waals surface area (Å²) in [4.78, 5) is 18.9. The number of fused-ring (bicyclic) bond motifs is 1. The van der Waals surface area contributed by atoms with Crippen LogP contribution in [0.2, 0.25) is 0 Å². The highest BCUT2D eigenvalue weighted by atomic mass is 16.2. The quantitative estimate of drug-likeness (QED) is 0.873. The zero-order chi connectivity index (χ0) is 14.9. The van der Waals surface area contributed by atoms with Gasteiger partial charge in [0.25, 0.3) is 0 Å². The Labute approximate surface area is 131 Å². The fraction of sp³-hybridized carbons (Fsp3) is 0.556. The van der Waals surface area contributed by atoms with Gasteiger partial charge in [-0.05, 0) is 43.7 Å². The maximum atomic E-state index is 12.3. The number of likely N-dealkylation sites (tertiary alicyclic amines) is 1. The van der Waals surface area contributed by atoms with Crippen molar-refractivity contribution in [3.05, 3.63) is 30.6 Å². The number of nitrogens with zero attached hydrogens (tertiary/aromatic N) is 3. The summed E-state index contributed by atoms with van der Waals surface area (Å²) < 4.78 is 2.27. The number of rotatable bonds is 3. The number of carbonyl (C=O) groups excluding carboxylic acids is 1. The molecule has 2 heterocycles. The molecule has 1 aliphatic carbocycles. The molecule has 22 heavy (non-hydrogen) atoms. The van der Waals surface area contributed by atoms with Crippen molar-refractivity contribution in [2.45, 2.75) is 38.6 Å². The number of amides is 1. The average molecular weight is 297 g/mol. The Bertz CT molecular complexity index is 666. The van der Waals surface area contributed by atoms with Gasteiger partial charge >= 0.3 is 0 Å². The van der Waals surface area contributed by atoms with Gasteiger partial charge in [0.1, 0.15) is 0 Å². The number of piperidine rings is 1. The predicted octanol–water partition coefficient (Wildman–Crippen LogP) is 3.08. The minimum Gasteiger partial charge on any atom is -0.342 e. The van der Waals surface area contributed by atoms with E-state index in [2.05, 4.69) is 32.7 Å². The Morgan fingerprint density at radius 2 is 1.91 bits per heavy atom. The normalized spacial score (nSPS) is 20.3. The standard InChI is InChI=1S/C18H23N3O/c22-18(15-4-3-5-15)20-10-8-14(9-11-20)12-21-13-19-16-6-1-2-7-17(16)21/h1-2,6-7,13-15H,3-5,8-12H2. The maximum Gasteiger partial charge on any atom is 0.225 e. The lowest BCUT2D eigenvalue weighted by Gasteiger charge is -2.36. The van der Waals surface area contributed by atoms with Crippen LogP contribution in [0, 0.1) is 11.8 Å². The molecule has 0 atom stereocenters. The van der Waals surface area contributed by atoms with Crippen LogP contribution in [-0.4, -0.2) is 33.4 Å². The van der Waals surface area contributed by atoms with E-state index in [1.165, 1.54) is 11.9 Å². The van der Waals surface area contributed by atoms with Crippen molar-refractivity contribution in [1.82, 2.24) is 14.5 Å². The minimum absolute atomic E-state index is 0.342. The summed E-state index contributed by atoms with van der Waals surface area (Å²) in [6, 6.07) is 8.30. The molecule has 1 aliphatic heterocycles. The molecule has 4 heteroatoms. The molecule has 1 saturated heterocycles. The molecule has 2 fully saturated rings. The van der Waals surface area contributed by atoms with Crippen LogP contribution in [0.4, 0.5) is 0 Å². The van der Waals surface area contributed by atoms with Crippen molar-refractivity contribution >= 4 is 16.9 Å². The zero-order valence-corrected chi connectivity index (χ0v) is 12.9. The third-order valence-corrected chi connectivity index (χ3v) is 5.36. The van der Waals surface area contributed by atoms with E-state index in [0.29, 0.717) is 17.7 Å². The molecular formula is C18H23N3O. The van der Waals surface area contributed by atoms with E-state index in [0.717, 1.165) is 50.8 Å². The number of benzene rings is 1. The van der Waals surface area contributed by atoms with Crippen LogP contribution in [0.1, 0.15) is 32.1 Å². The number of imidazole rings is 1. The Balaban J connectivity index is 1.36. The van der Waals surface area contributed by atoms with Gasteiger partial charge in [-0.3, -0.25) is 4.79 Å². The zero-order valence-electron chi connectivity index (χ0n) is 12.9. The highest BCUT2D eigenvalue weighted by molar-refractivity contribution is 5.79. The van der Waals surface area contributed by atoms with Gasteiger partial charge in [0, 0.05) is 25.6 Å². The number of para-hydroxylation sites is 2. The molecule has 0 bridgehead atoms. The lowest BCUT2D eigenvalue weighted by Crippen LogP contribution is -2.44. The number of hydrogen-bond donors (Lipinski definition) is 0. The van der Waals surface area contributed by atoms with E-state index in [9.17, 15) is 4.79 Å². The maximum absolute atomic E-state index is 12.3. The molecule has 1 amide bonds. The first-order chi connectivity index (χ1) is 10.8. The van der Waals surface area contributed by atoms with Crippen LogP contribution in [0.15, 0.2) is 30.6 Å². The summed E-state index contributed by atoms with van der Waals surface area (Å²) in [6.45, 7) is 2.89. The molecule has 1 aromatic heterocycles. The highest BCUT2D eigenvalue weighted by Gasteiger charge is 2.31. The van der Waals surface area contributed by atoms with Gasteiger partial charge in [0.15, 0.2) is 0 Å². The smallest absolute Gasteiger partial charge is 0.225 e. The van der Waals surface area contributed by atoms with Gasteiger partial charge in [-0.1, -0.05) is 18.6 Å². The van der Waals surface area contributed by atoms with Crippen molar-refractivity contribution in [2.24, 2.45) is 11.8 Å². The summed E-state index contributed by atoms with van der Waals surface area (Å²) in [5.41, 5.74) is 2.29. The van der Waals surface area contributed by atoms with Crippen molar-refractivity contribution in [1.29, 1.82) is 0 Å². The van der Waals surface area contributed by atoms with E-state index in [1.54, 1.807) is 0 Å². The molecule has 1 saturated carbocycles. The summed E-state index contributed by atoms with van der Waals surface area (Å²) in [5.74, 6) is 1.41. The fourth-order valence-electron chi connectivity index (χ4n) is 3.68. The molecule has 2 aliphatic rings. The molecule has 4 nitrogen and oxygen atoms in total. The number of carbonyl (C=O) groups is 1. The van der Waals surface area contributed by atoms with Crippen LogP contribution in [0.25, 0.3) is 11.0 Å². The first kappa shape index (κ1) is 13.8. The molecule has 4 rings (SSSR count).